The predicted octanol–water partition coefficient (Wildman–Crippen LogP) is 2.49. The van der Waals surface area contributed by atoms with Crippen LogP contribution in [0.15, 0.2) is 27.1 Å². The second-order valence-corrected chi connectivity index (χ2v) is 4.50. The summed E-state index contributed by atoms with van der Waals surface area (Å²) in [4.78, 5) is 22.0. The van der Waals surface area contributed by atoms with E-state index in [1.807, 2.05) is 6.07 Å². The highest BCUT2D eigenvalue weighted by Gasteiger charge is 2.08. The molecule has 0 saturated carbocycles. The van der Waals surface area contributed by atoms with Gasteiger partial charge in [0, 0.05) is 21.4 Å². The summed E-state index contributed by atoms with van der Waals surface area (Å²) in [6.07, 6.45) is 0. The molecule has 14 heavy (non-hydrogen) atoms. The van der Waals surface area contributed by atoms with Gasteiger partial charge in [-0.1, -0.05) is 31.9 Å². The van der Waals surface area contributed by atoms with Crippen LogP contribution in [0.1, 0.15) is 17.3 Å². The Morgan fingerprint density at radius 1 is 1.14 bits per heavy atom. The van der Waals surface area contributed by atoms with Gasteiger partial charge in [0.25, 0.3) is 5.91 Å². The van der Waals surface area contributed by atoms with Crippen molar-refractivity contribution in [2.75, 3.05) is 0 Å². The first-order chi connectivity index (χ1) is 6.49. The Morgan fingerprint density at radius 2 is 1.64 bits per heavy atom. The van der Waals surface area contributed by atoms with Crippen LogP contribution >= 0.6 is 31.9 Å². The molecule has 0 aliphatic rings. The zero-order valence-corrected chi connectivity index (χ0v) is 10.5. The van der Waals surface area contributed by atoms with Gasteiger partial charge in [-0.2, -0.15) is 0 Å². The fraction of sp³-hybridized carbons (Fsp3) is 0.111. The minimum Gasteiger partial charge on any atom is -0.293 e. The normalized spacial score (nSPS) is 9.64. The summed E-state index contributed by atoms with van der Waals surface area (Å²) < 4.78 is 1.56. The van der Waals surface area contributed by atoms with Crippen LogP contribution in [0.4, 0.5) is 0 Å². The predicted molar refractivity (Wildman–Crippen MR) is 60.0 cm³/mol. The van der Waals surface area contributed by atoms with Crippen molar-refractivity contribution in [1.82, 2.24) is 5.32 Å². The summed E-state index contributed by atoms with van der Waals surface area (Å²) >= 11 is 6.51. The van der Waals surface area contributed by atoms with Crippen molar-refractivity contribution in [2.45, 2.75) is 6.92 Å². The van der Waals surface area contributed by atoms with Crippen molar-refractivity contribution in [2.24, 2.45) is 0 Å². The number of imide groups is 1. The second kappa shape index (κ2) is 4.70. The van der Waals surface area contributed by atoms with Crippen LogP contribution in [-0.4, -0.2) is 11.8 Å². The fourth-order valence-corrected chi connectivity index (χ4v) is 2.21. The molecular formula is C9H7Br2NO2. The van der Waals surface area contributed by atoms with E-state index in [0.29, 0.717) is 5.56 Å². The largest absolute Gasteiger partial charge is 0.293 e. The molecule has 0 bridgehead atoms. The van der Waals surface area contributed by atoms with Gasteiger partial charge in [-0.05, 0) is 18.2 Å². The van der Waals surface area contributed by atoms with E-state index in [1.54, 1.807) is 12.1 Å². The van der Waals surface area contributed by atoms with Crippen molar-refractivity contribution in [3.05, 3.63) is 32.7 Å². The topological polar surface area (TPSA) is 46.2 Å². The Kier molecular flexibility index (Phi) is 3.83. The Balaban J connectivity index is 2.95. The second-order valence-electron chi connectivity index (χ2n) is 2.67. The van der Waals surface area contributed by atoms with Crippen LogP contribution in [0.3, 0.4) is 0 Å². The van der Waals surface area contributed by atoms with Gasteiger partial charge in [0.2, 0.25) is 5.91 Å². The van der Waals surface area contributed by atoms with Crippen LogP contribution in [0.25, 0.3) is 0 Å². The van der Waals surface area contributed by atoms with Crippen LogP contribution < -0.4 is 5.32 Å². The van der Waals surface area contributed by atoms with E-state index in [1.165, 1.54) is 6.92 Å². The lowest BCUT2D eigenvalue weighted by Crippen LogP contribution is -2.27. The highest BCUT2D eigenvalue weighted by Crippen LogP contribution is 2.19. The SMILES string of the molecule is CC(=O)NC(=O)c1cc(Br)cc(Br)c1. The zero-order chi connectivity index (χ0) is 10.7. The number of rotatable bonds is 1. The Hall–Kier alpha value is -0.680. The Bertz CT molecular complexity index is 370. The molecule has 1 aromatic rings. The lowest BCUT2D eigenvalue weighted by atomic mass is 10.2. The molecule has 0 aromatic heterocycles. The maximum Gasteiger partial charge on any atom is 0.257 e. The minimum atomic E-state index is -0.403. The average Bonchev–Trinajstić information content (AvgIpc) is 2.00. The Morgan fingerprint density at radius 3 is 2.07 bits per heavy atom. The van der Waals surface area contributed by atoms with Crippen molar-refractivity contribution < 1.29 is 9.59 Å². The molecule has 0 unspecified atom stereocenters. The van der Waals surface area contributed by atoms with E-state index in [-0.39, 0.29) is 5.91 Å². The van der Waals surface area contributed by atoms with E-state index in [9.17, 15) is 9.59 Å². The molecule has 2 amide bonds. The third-order valence-corrected chi connectivity index (χ3v) is 2.33. The van der Waals surface area contributed by atoms with Crippen LogP contribution in [-0.2, 0) is 4.79 Å². The molecule has 0 aliphatic heterocycles. The molecule has 0 heterocycles. The van der Waals surface area contributed by atoms with Gasteiger partial charge in [0.05, 0.1) is 0 Å². The van der Waals surface area contributed by atoms with Gasteiger partial charge in [-0.3, -0.25) is 14.9 Å². The molecule has 1 rings (SSSR count). The number of hydrogen-bond donors (Lipinski definition) is 1. The average molecular weight is 321 g/mol. The summed E-state index contributed by atoms with van der Waals surface area (Å²) in [5, 5.41) is 2.19. The van der Waals surface area contributed by atoms with Crippen molar-refractivity contribution in [3.8, 4) is 0 Å². The standard InChI is InChI=1S/C9H7Br2NO2/c1-5(13)12-9(14)6-2-7(10)4-8(11)3-6/h2-4H,1H3,(H,12,13,14). The quantitative estimate of drug-likeness (QED) is 0.864. The first-order valence-electron chi connectivity index (χ1n) is 3.77. The first kappa shape index (κ1) is 11.4. The van der Waals surface area contributed by atoms with Gasteiger partial charge in [0.1, 0.15) is 0 Å². The van der Waals surface area contributed by atoms with E-state index < -0.39 is 5.91 Å². The van der Waals surface area contributed by atoms with Crippen molar-refractivity contribution in [1.29, 1.82) is 0 Å². The van der Waals surface area contributed by atoms with Gasteiger partial charge in [-0.25, -0.2) is 0 Å². The monoisotopic (exact) mass is 319 g/mol. The number of nitrogens with one attached hydrogen (secondary N) is 1. The van der Waals surface area contributed by atoms with Crippen molar-refractivity contribution >= 4 is 43.7 Å². The molecule has 1 aromatic carbocycles. The van der Waals surface area contributed by atoms with Crippen LogP contribution in [0.5, 0.6) is 0 Å². The summed E-state index contributed by atoms with van der Waals surface area (Å²) in [5.74, 6) is -0.773. The van der Waals surface area contributed by atoms with E-state index >= 15 is 0 Å². The molecule has 0 fully saturated rings. The maximum absolute atomic E-state index is 11.4. The number of carbonyl (C=O) groups is 2. The summed E-state index contributed by atoms with van der Waals surface area (Å²) in [7, 11) is 0. The molecule has 0 saturated heterocycles. The highest BCUT2D eigenvalue weighted by molar-refractivity contribution is 9.11. The molecule has 0 atom stereocenters. The number of benzene rings is 1. The zero-order valence-electron chi connectivity index (χ0n) is 7.30. The van der Waals surface area contributed by atoms with Gasteiger partial charge in [-0.15, -0.1) is 0 Å². The van der Waals surface area contributed by atoms with Crippen molar-refractivity contribution in [3.63, 3.8) is 0 Å². The van der Waals surface area contributed by atoms with Crippen LogP contribution in [0.2, 0.25) is 0 Å². The van der Waals surface area contributed by atoms with E-state index in [4.69, 9.17) is 0 Å². The number of amides is 2. The minimum absolute atomic E-state index is 0.369. The number of halogens is 2. The molecule has 0 aliphatic carbocycles. The molecule has 0 radical (unpaired) electrons. The molecular weight excluding hydrogens is 314 g/mol. The summed E-state index contributed by atoms with van der Waals surface area (Å²) in [6.45, 7) is 1.30. The summed E-state index contributed by atoms with van der Waals surface area (Å²) in [6, 6.07) is 5.09. The first-order valence-corrected chi connectivity index (χ1v) is 5.35. The molecule has 74 valence electrons. The summed E-state index contributed by atoms with van der Waals surface area (Å²) in [5.41, 5.74) is 0.432. The maximum atomic E-state index is 11.4. The fourth-order valence-electron chi connectivity index (χ4n) is 0.917. The van der Waals surface area contributed by atoms with Gasteiger partial charge < -0.3 is 0 Å². The smallest absolute Gasteiger partial charge is 0.257 e. The lowest BCUT2D eigenvalue weighted by Gasteiger charge is -2.02. The van der Waals surface area contributed by atoms with Crippen LogP contribution in [0, 0.1) is 0 Å². The molecule has 5 heteroatoms. The third kappa shape index (κ3) is 3.23. The van der Waals surface area contributed by atoms with E-state index in [0.717, 1.165) is 8.95 Å². The molecule has 1 N–H and O–H groups in total. The highest BCUT2D eigenvalue weighted by atomic mass is 79.9. The lowest BCUT2D eigenvalue weighted by molar-refractivity contribution is -0.118. The Labute approximate surface area is 98.1 Å². The molecule has 0 spiro atoms. The van der Waals surface area contributed by atoms with Gasteiger partial charge in [0.15, 0.2) is 0 Å². The van der Waals surface area contributed by atoms with E-state index in [2.05, 4.69) is 37.2 Å². The molecule has 3 nitrogen and oxygen atoms in total. The van der Waals surface area contributed by atoms with Gasteiger partial charge >= 0.3 is 0 Å². The number of carbonyl (C=O) groups excluding carboxylic acids is 2. The number of hydrogen-bond acceptors (Lipinski definition) is 2. The third-order valence-electron chi connectivity index (χ3n) is 1.41.